The molecule has 2 N–H and O–H groups in total. The lowest BCUT2D eigenvalue weighted by molar-refractivity contribution is 0.0473. The van der Waals surface area contributed by atoms with Crippen LogP contribution in [0.1, 0.15) is 55.3 Å². The maximum atomic E-state index is 12.7. The molecule has 9 heteroatoms. The predicted molar refractivity (Wildman–Crippen MR) is 146 cm³/mol. The first-order chi connectivity index (χ1) is 17.9. The molecular formula is C28H22Cl2N2O4S. The molecule has 37 heavy (non-hydrogen) atoms. The van der Waals surface area contributed by atoms with Crippen molar-refractivity contribution >= 4 is 57.6 Å². The molecule has 1 aliphatic carbocycles. The quantitative estimate of drug-likeness (QED) is 0.191. The highest BCUT2D eigenvalue weighted by Crippen LogP contribution is 2.39. The van der Waals surface area contributed by atoms with Crippen molar-refractivity contribution < 1.29 is 18.7 Å². The lowest BCUT2D eigenvalue weighted by atomic mass is 9.95. The Kier molecular flexibility index (Phi) is 7.46. The lowest BCUT2D eigenvalue weighted by Gasteiger charge is -2.10. The topological polar surface area (TPSA) is 94.9 Å². The first-order valence-corrected chi connectivity index (χ1v) is 13.3. The van der Waals surface area contributed by atoms with Gasteiger partial charge >= 0.3 is 5.97 Å². The number of aliphatic imine (C=N–C) groups is 1. The van der Waals surface area contributed by atoms with Crippen LogP contribution < -0.4 is 5.73 Å². The summed E-state index contributed by atoms with van der Waals surface area (Å²) in [6.07, 6.45) is 5.52. The molecule has 2 heterocycles. The van der Waals surface area contributed by atoms with Crippen molar-refractivity contribution in [2.45, 2.75) is 32.3 Å². The summed E-state index contributed by atoms with van der Waals surface area (Å²) in [5, 5.41) is 1.39. The van der Waals surface area contributed by atoms with E-state index in [1.54, 1.807) is 54.7 Å². The van der Waals surface area contributed by atoms with E-state index in [4.69, 9.17) is 38.1 Å². The number of aryl methyl sites for hydroxylation is 1. The molecule has 0 saturated heterocycles. The summed E-state index contributed by atoms with van der Waals surface area (Å²) in [4.78, 5) is 30.5. The van der Waals surface area contributed by atoms with E-state index in [1.807, 2.05) is 6.07 Å². The van der Waals surface area contributed by atoms with Gasteiger partial charge in [0.25, 0.3) is 5.91 Å². The number of esters is 1. The van der Waals surface area contributed by atoms with Crippen LogP contribution in [0.2, 0.25) is 10.0 Å². The Hall–Kier alpha value is -3.39. The molecule has 0 bridgehead atoms. The molecule has 5 rings (SSSR count). The van der Waals surface area contributed by atoms with Crippen molar-refractivity contribution in [2.24, 2.45) is 10.7 Å². The zero-order chi connectivity index (χ0) is 25.9. The number of rotatable bonds is 7. The van der Waals surface area contributed by atoms with Gasteiger partial charge in [0, 0.05) is 21.0 Å². The van der Waals surface area contributed by atoms with Gasteiger partial charge < -0.3 is 14.9 Å². The summed E-state index contributed by atoms with van der Waals surface area (Å²) in [7, 11) is 0. The van der Waals surface area contributed by atoms with Crippen molar-refractivity contribution in [3.05, 3.63) is 97.5 Å². The summed E-state index contributed by atoms with van der Waals surface area (Å²) in [5.74, 6) is -0.00369. The van der Waals surface area contributed by atoms with Gasteiger partial charge in [-0.05, 0) is 67.6 Å². The molecule has 0 fully saturated rings. The number of fused-ring (bicyclic) bond motifs is 1. The van der Waals surface area contributed by atoms with E-state index in [-0.39, 0.29) is 17.2 Å². The zero-order valence-corrected chi connectivity index (χ0v) is 22.0. The molecule has 2 aromatic heterocycles. The first kappa shape index (κ1) is 25.3. The maximum absolute atomic E-state index is 12.7. The van der Waals surface area contributed by atoms with Gasteiger partial charge in [-0.25, -0.2) is 9.79 Å². The van der Waals surface area contributed by atoms with Crippen molar-refractivity contribution in [1.29, 1.82) is 0 Å². The molecule has 188 valence electrons. The molecule has 4 aromatic rings. The van der Waals surface area contributed by atoms with Gasteiger partial charge in [0.1, 0.15) is 23.1 Å². The van der Waals surface area contributed by atoms with Crippen molar-refractivity contribution in [3.63, 3.8) is 0 Å². The minimum Gasteiger partial charge on any atom is -0.457 e. The molecule has 2 aromatic carbocycles. The summed E-state index contributed by atoms with van der Waals surface area (Å²) in [6.45, 7) is 0.0276. The van der Waals surface area contributed by atoms with E-state index in [1.165, 1.54) is 16.2 Å². The van der Waals surface area contributed by atoms with E-state index in [0.717, 1.165) is 31.2 Å². The Bertz CT molecular complexity index is 1520. The number of nitrogens with zero attached hydrogens (tertiary/aromatic N) is 1. The predicted octanol–water partition coefficient (Wildman–Crippen LogP) is 7.40. The van der Waals surface area contributed by atoms with Crippen LogP contribution in [-0.4, -0.2) is 18.1 Å². The van der Waals surface area contributed by atoms with Crippen LogP contribution in [0.15, 0.2) is 64.0 Å². The second kappa shape index (κ2) is 10.9. The van der Waals surface area contributed by atoms with Crippen LogP contribution in [0.25, 0.3) is 11.3 Å². The standard InChI is InChI=1S/C28H22Cl2N2O4S/c29-21-7-3-1-5-17(21)15-35-28(34)20-13-16(9-11-22(20)30)23-12-10-18(36-23)14-32-27-25(26(31)33)19-6-2-4-8-24(19)37-27/h1,3,5,7,9-14H,2,4,6,8,15H2,(H2,31,33). The molecule has 0 atom stereocenters. The number of ether oxygens (including phenoxy) is 1. The number of carbonyl (C=O) groups is 2. The van der Waals surface area contributed by atoms with Crippen LogP contribution in [0.4, 0.5) is 5.00 Å². The number of primary amides is 1. The van der Waals surface area contributed by atoms with Gasteiger partial charge in [0.2, 0.25) is 0 Å². The number of nitrogens with two attached hydrogens (primary N) is 1. The van der Waals surface area contributed by atoms with E-state index in [2.05, 4.69) is 4.99 Å². The Morgan fingerprint density at radius 2 is 1.86 bits per heavy atom. The largest absolute Gasteiger partial charge is 0.457 e. The summed E-state index contributed by atoms with van der Waals surface area (Å²) in [5.41, 5.74) is 8.77. The summed E-state index contributed by atoms with van der Waals surface area (Å²) in [6, 6.07) is 15.7. The van der Waals surface area contributed by atoms with Gasteiger partial charge in [-0.2, -0.15) is 0 Å². The van der Waals surface area contributed by atoms with Gasteiger partial charge in [0.15, 0.2) is 0 Å². The van der Waals surface area contributed by atoms with Crippen LogP contribution >= 0.6 is 34.5 Å². The number of carbonyl (C=O) groups excluding carboxylic acids is 2. The number of amides is 1. The second-order valence-corrected chi connectivity index (χ2v) is 10.5. The highest BCUT2D eigenvalue weighted by Gasteiger charge is 2.23. The zero-order valence-electron chi connectivity index (χ0n) is 19.6. The number of thiophene rings is 1. The lowest BCUT2D eigenvalue weighted by Crippen LogP contribution is -2.14. The Balaban J connectivity index is 1.34. The van der Waals surface area contributed by atoms with Crippen LogP contribution in [0, 0.1) is 0 Å². The Morgan fingerprint density at radius 1 is 1.05 bits per heavy atom. The Morgan fingerprint density at radius 3 is 2.68 bits per heavy atom. The number of hydrogen-bond acceptors (Lipinski definition) is 6. The highest BCUT2D eigenvalue weighted by molar-refractivity contribution is 7.16. The SMILES string of the molecule is NC(=O)c1c(N=Cc2ccc(-c3ccc(Cl)c(C(=O)OCc4ccccc4Cl)c3)o2)sc2c1CCCC2. The maximum Gasteiger partial charge on any atom is 0.340 e. The molecule has 0 aliphatic heterocycles. The van der Waals surface area contributed by atoms with Crippen LogP contribution in [0.3, 0.4) is 0 Å². The summed E-state index contributed by atoms with van der Waals surface area (Å²) >= 11 is 13.9. The van der Waals surface area contributed by atoms with Crippen molar-refractivity contribution in [2.75, 3.05) is 0 Å². The highest BCUT2D eigenvalue weighted by atomic mass is 35.5. The van der Waals surface area contributed by atoms with E-state index >= 15 is 0 Å². The fourth-order valence-corrected chi connectivity index (χ4v) is 5.89. The van der Waals surface area contributed by atoms with E-state index < -0.39 is 11.9 Å². The van der Waals surface area contributed by atoms with E-state index in [9.17, 15) is 9.59 Å². The average Bonchev–Trinajstić information content (AvgIpc) is 3.51. The van der Waals surface area contributed by atoms with Crippen molar-refractivity contribution in [1.82, 2.24) is 0 Å². The molecule has 0 radical (unpaired) electrons. The minimum absolute atomic E-state index is 0.0276. The third-order valence-corrected chi connectivity index (χ3v) is 8.02. The molecule has 6 nitrogen and oxygen atoms in total. The summed E-state index contributed by atoms with van der Waals surface area (Å²) < 4.78 is 11.4. The van der Waals surface area contributed by atoms with Gasteiger partial charge in [-0.1, -0.05) is 41.4 Å². The number of furan rings is 1. The number of halogens is 2. The van der Waals surface area contributed by atoms with Crippen LogP contribution in [-0.2, 0) is 24.2 Å². The Labute approximate surface area is 227 Å². The molecule has 1 aliphatic rings. The number of hydrogen-bond donors (Lipinski definition) is 1. The fraction of sp³-hybridized carbons (Fsp3) is 0.179. The van der Waals surface area contributed by atoms with Crippen LogP contribution in [0.5, 0.6) is 0 Å². The monoisotopic (exact) mass is 552 g/mol. The molecule has 0 spiro atoms. The van der Waals surface area contributed by atoms with Gasteiger partial charge in [0.05, 0.1) is 22.4 Å². The minimum atomic E-state index is -0.569. The third kappa shape index (κ3) is 5.49. The first-order valence-electron chi connectivity index (χ1n) is 11.7. The third-order valence-electron chi connectivity index (χ3n) is 6.12. The second-order valence-electron chi connectivity index (χ2n) is 8.58. The molecular weight excluding hydrogens is 531 g/mol. The average molecular weight is 553 g/mol. The van der Waals surface area contributed by atoms with E-state index in [0.29, 0.717) is 38.2 Å². The molecule has 0 unspecified atom stereocenters. The van der Waals surface area contributed by atoms with Crippen molar-refractivity contribution in [3.8, 4) is 11.3 Å². The number of benzene rings is 2. The van der Waals surface area contributed by atoms with Gasteiger partial charge in [-0.3, -0.25) is 4.79 Å². The molecule has 1 amide bonds. The fourth-order valence-electron chi connectivity index (χ4n) is 4.27. The smallest absolute Gasteiger partial charge is 0.340 e. The molecule has 0 saturated carbocycles. The normalized spacial score (nSPS) is 13.0. The van der Waals surface area contributed by atoms with Gasteiger partial charge in [-0.15, -0.1) is 11.3 Å².